The molecule has 0 bridgehead atoms. The average molecular weight is 418 g/mol. The lowest BCUT2D eigenvalue weighted by Crippen LogP contribution is -2.21. The Balaban J connectivity index is 0.000000370. The number of nitrogen functional groups attached to an aromatic ring is 1. The maximum atomic E-state index is 10.6. The van der Waals surface area contributed by atoms with Gasteiger partial charge in [0.25, 0.3) is 0 Å². The molecule has 3 aromatic rings. The summed E-state index contributed by atoms with van der Waals surface area (Å²) in [5, 5.41) is 19.0. The minimum Gasteiger partial charge on any atom is -0.475 e. The van der Waals surface area contributed by atoms with Gasteiger partial charge in [-0.1, -0.05) is 54.2 Å². The molecule has 0 amide bonds. The first-order chi connectivity index (χ1) is 13.7. The molecule has 0 unspecified atom stereocenters. The van der Waals surface area contributed by atoms with Crippen LogP contribution in [0.4, 0.5) is 13.2 Å². The first kappa shape index (κ1) is 22.0. The minimum absolute atomic E-state index is 0.102. The Morgan fingerprint density at radius 2 is 1.59 bits per heavy atom. The molecule has 0 saturated carbocycles. The van der Waals surface area contributed by atoms with Crippen molar-refractivity contribution in [1.29, 1.82) is 5.41 Å². The van der Waals surface area contributed by atoms with Crippen LogP contribution in [0.2, 0.25) is 0 Å². The Hall–Kier alpha value is -3.26. The van der Waals surface area contributed by atoms with Gasteiger partial charge in [0.05, 0.1) is 0 Å². The molecule has 0 aliphatic rings. The summed E-state index contributed by atoms with van der Waals surface area (Å²) in [6.07, 6.45) is -2.98. The van der Waals surface area contributed by atoms with Crippen molar-refractivity contribution in [2.45, 2.75) is 11.1 Å². The standard InChI is InChI=1S/C19H16N2S.C2HF3O2/c20-19(21)17-9-8-15-12-14(6-7-16(15)13-17)10-11-22-18-4-2-1-3-5-18;3-2(4,5)1(6)7/h1-13H,(H3,20,21);(H,6,7). The molecule has 0 radical (unpaired) electrons. The molecular weight excluding hydrogens is 401 g/mol. The van der Waals surface area contributed by atoms with Crippen LogP contribution in [0.5, 0.6) is 0 Å². The summed E-state index contributed by atoms with van der Waals surface area (Å²) in [7, 11) is 0. The van der Waals surface area contributed by atoms with Gasteiger partial charge in [0.15, 0.2) is 0 Å². The van der Waals surface area contributed by atoms with E-state index in [1.807, 2.05) is 36.4 Å². The van der Waals surface area contributed by atoms with E-state index in [-0.39, 0.29) is 5.84 Å². The Morgan fingerprint density at radius 1 is 1.00 bits per heavy atom. The van der Waals surface area contributed by atoms with Crippen molar-refractivity contribution in [3.8, 4) is 0 Å². The second-order valence-electron chi connectivity index (χ2n) is 5.77. The van der Waals surface area contributed by atoms with Gasteiger partial charge in [0, 0.05) is 10.5 Å². The van der Waals surface area contributed by atoms with Gasteiger partial charge in [-0.15, -0.1) is 0 Å². The first-order valence-electron chi connectivity index (χ1n) is 8.23. The van der Waals surface area contributed by atoms with Crippen LogP contribution in [0.15, 0.2) is 77.0 Å². The molecule has 4 N–H and O–H groups in total. The smallest absolute Gasteiger partial charge is 0.475 e. The van der Waals surface area contributed by atoms with Crippen LogP contribution in [0.1, 0.15) is 11.1 Å². The van der Waals surface area contributed by atoms with Crippen LogP contribution >= 0.6 is 11.8 Å². The number of thioether (sulfide) groups is 1. The highest BCUT2D eigenvalue weighted by atomic mass is 32.2. The van der Waals surface area contributed by atoms with Crippen molar-refractivity contribution < 1.29 is 23.1 Å². The molecule has 150 valence electrons. The van der Waals surface area contributed by atoms with Crippen LogP contribution in [-0.4, -0.2) is 23.1 Å². The van der Waals surface area contributed by atoms with Gasteiger partial charge in [0.2, 0.25) is 0 Å². The molecule has 29 heavy (non-hydrogen) atoms. The number of amidine groups is 1. The number of carboxylic acid groups (broad SMARTS) is 1. The lowest BCUT2D eigenvalue weighted by atomic mass is 10.0. The highest BCUT2D eigenvalue weighted by Gasteiger charge is 2.38. The van der Waals surface area contributed by atoms with E-state index >= 15 is 0 Å². The van der Waals surface area contributed by atoms with Crippen LogP contribution < -0.4 is 5.73 Å². The summed E-state index contributed by atoms with van der Waals surface area (Å²) < 4.78 is 31.7. The van der Waals surface area contributed by atoms with E-state index in [1.54, 1.807) is 11.8 Å². The van der Waals surface area contributed by atoms with E-state index in [0.717, 1.165) is 21.9 Å². The van der Waals surface area contributed by atoms with Crippen LogP contribution in [0.25, 0.3) is 16.8 Å². The molecule has 0 aliphatic heterocycles. The van der Waals surface area contributed by atoms with Crippen molar-refractivity contribution in [2.75, 3.05) is 0 Å². The number of halogens is 3. The topological polar surface area (TPSA) is 87.2 Å². The molecule has 0 aliphatic carbocycles. The van der Waals surface area contributed by atoms with E-state index in [9.17, 15) is 13.2 Å². The van der Waals surface area contributed by atoms with Crippen molar-refractivity contribution in [3.63, 3.8) is 0 Å². The Labute approximate surface area is 169 Å². The van der Waals surface area contributed by atoms with E-state index < -0.39 is 12.1 Å². The Bertz CT molecular complexity index is 1040. The zero-order chi connectivity index (χ0) is 21.4. The normalized spacial score (nSPS) is 11.1. The zero-order valence-corrected chi connectivity index (χ0v) is 15.8. The molecule has 0 fully saturated rings. The summed E-state index contributed by atoms with van der Waals surface area (Å²) in [5.74, 6) is -2.65. The van der Waals surface area contributed by atoms with Gasteiger partial charge in [-0.25, -0.2) is 4.79 Å². The van der Waals surface area contributed by atoms with Gasteiger partial charge in [-0.3, -0.25) is 5.41 Å². The number of rotatable bonds is 4. The van der Waals surface area contributed by atoms with Crippen molar-refractivity contribution in [3.05, 3.63) is 83.3 Å². The molecule has 3 aromatic carbocycles. The molecular formula is C21H17F3N2O2S. The predicted octanol–water partition coefficient (Wildman–Crippen LogP) is 5.52. The third-order valence-electron chi connectivity index (χ3n) is 3.63. The molecule has 0 heterocycles. The maximum Gasteiger partial charge on any atom is 0.490 e. The quantitative estimate of drug-likeness (QED) is 0.296. The van der Waals surface area contributed by atoms with Crippen LogP contribution in [0, 0.1) is 5.41 Å². The number of aliphatic carboxylic acids is 1. The number of nitrogens with two attached hydrogens (primary N) is 1. The number of alkyl halides is 3. The van der Waals surface area contributed by atoms with Gasteiger partial charge >= 0.3 is 12.1 Å². The number of nitrogens with one attached hydrogen (secondary N) is 1. The highest BCUT2D eigenvalue weighted by Crippen LogP contribution is 2.22. The molecule has 0 atom stereocenters. The van der Waals surface area contributed by atoms with Gasteiger partial charge in [-0.05, 0) is 52.1 Å². The summed E-state index contributed by atoms with van der Waals surface area (Å²) >= 11 is 1.70. The second kappa shape index (κ2) is 9.79. The summed E-state index contributed by atoms with van der Waals surface area (Å²) in [5.41, 5.74) is 7.44. The molecule has 4 nitrogen and oxygen atoms in total. The second-order valence-corrected chi connectivity index (χ2v) is 6.75. The SMILES string of the molecule is N=C(N)c1ccc2cc(C=CSc3ccccc3)ccc2c1.O=C(O)C(F)(F)F. The molecule has 0 saturated heterocycles. The number of hydrogen-bond acceptors (Lipinski definition) is 3. The fourth-order valence-corrected chi connectivity index (χ4v) is 2.92. The fourth-order valence-electron chi connectivity index (χ4n) is 2.23. The zero-order valence-electron chi connectivity index (χ0n) is 15.0. The monoisotopic (exact) mass is 418 g/mol. The minimum atomic E-state index is -5.08. The molecule has 0 aromatic heterocycles. The third-order valence-corrected chi connectivity index (χ3v) is 4.44. The van der Waals surface area contributed by atoms with E-state index in [0.29, 0.717) is 0 Å². The lowest BCUT2D eigenvalue weighted by Gasteiger charge is -2.03. The van der Waals surface area contributed by atoms with E-state index in [2.05, 4.69) is 41.8 Å². The number of carbonyl (C=O) groups is 1. The van der Waals surface area contributed by atoms with Gasteiger partial charge < -0.3 is 10.8 Å². The van der Waals surface area contributed by atoms with E-state index in [1.165, 1.54) is 4.90 Å². The largest absolute Gasteiger partial charge is 0.490 e. The maximum absolute atomic E-state index is 10.6. The van der Waals surface area contributed by atoms with Crippen LogP contribution in [-0.2, 0) is 4.79 Å². The van der Waals surface area contributed by atoms with E-state index in [4.69, 9.17) is 21.0 Å². The van der Waals surface area contributed by atoms with Crippen LogP contribution in [0.3, 0.4) is 0 Å². The Morgan fingerprint density at radius 3 is 2.17 bits per heavy atom. The molecule has 8 heteroatoms. The number of hydrogen-bond donors (Lipinski definition) is 3. The Kier molecular flexibility index (Phi) is 7.44. The van der Waals surface area contributed by atoms with Crippen molar-refractivity contribution in [1.82, 2.24) is 0 Å². The number of carboxylic acids is 1. The van der Waals surface area contributed by atoms with Crippen molar-refractivity contribution in [2.24, 2.45) is 5.73 Å². The highest BCUT2D eigenvalue weighted by molar-refractivity contribution is 8.02. The fraction of sp³-hybridized carbons (Fsp3) is 0.0476. The summed E-state index contributed by atoms with van der Waals surface area (Å²) in [6.45, 7) is 0. The average Bonchev–Trinajstić information content (AvgIpc) is 2.68. The molecule has 3 rings (SSSR count). The number of benzene rings is 3. The third kappa shape index (κ3) is 7.00. The lowest BCUT2D eigenvalue weighted by molar-refractivity contribution is -0.192. The van der Waals surface area contributed by atoms with Gasteiger partial charge in [0.1, 0.15) is 5.84 Å². The number of fused-ring (bicyclic) bond motifs is 1. The first-order valence-corrected chi connectivity index (χ1v) is 9.11. The molecule has 0 spiro atoms. The summed E-state index contributed by atoms with van der Waals surface area (Å²) in [4.78, 5) is 10.1. The summed E-state index contributed by atoms with van der Waals surface area (Å²) in [6, 6.07) is 22.4. The van der Waals surface area contributed by atoms with Crippen molar-refractivity contribution >= 4 is 40.4 Å². The predicted molar refractivity (Wildman–Crippen MR) is 110 cm³/mol. The van der Waals surface area contributed by atoms with Gasteiger partial charge in [-0.2, -0.15) is 13.2 Å².